The minimum Gasteiger partial charge on any atom is -0.352 e. The highest BCUT2D eigenvalue weighted by molar-refractivity contribution is 5.79. The molecule has 2 N–H and O–H groups in total. The van der Waals surface area contributed by atoms with E-state index in [1.54, 1.807) is 0 Å². The standard InChI is InChI=1S/C21H38N2O/c24-21(23-20-14-15-22-16-20)19-11-7-6-10-18(12-13-19)17-8-4-2-1-3-5-9-17/h17-20,22H,1-16H2,(H,23,24)/t18?,19?,20-/m1/s1. The first-order chi connectivity index (χ1) is 11.8. The Hall–Kier alpha value is -0.570. The molecule has 0 aromatic rings. The van der Waals surface area contributed by atoms with Crippen LogP contribution in [-0.4, -0.2) is 25.0 Å². The Morgan fingerprint density at radius 3 is 2.04 bits per heavy atom. The lowest BCUT2D eigenvalue weighted by atomic mass is 9.74. The van der Waals surface area contributed by atoms with E-state index in [0.29, 0.717) is 11.9 Å². The van der Waals surface area contributed by atoms with Crippen LogP contribution in [0.3, 0.4) is 0 Å². The second-order valence-corrected chi connectivity index (χ2v) is 8.62. The van der Waals surface area contributed by atoms with Crippen molar-refractivity contribution in [2.75, 3.05) is 13.1 Å². The Morgan fingerprint density at radius 2 is 1.33 bits per heavy atom. The first kappa shape index (κ1) is 18.2. The summed E-state index contributed by atoms with van der Waals surface area (Å²) in [6.45, 7) is 2.02. The molecule has 138 valence electrons. The highest BCUT2D eigenvalue weighted by Gasteiger charge is 2.28. The van der Waals surface area contributed by atoms with Crippen LogP contribution in [0.2, 0.25) is 0 Å². The van der Waals surface area contributed by atoms with E-state index in [4.69, 9.17) is 0 Å². The maximum atomic E-state index is 12.7. The minimum atomic E-state index is 0.280. The summed E-state index contributed by atoms with van der Waals surface area (Å²) >= 11 is 0. The number of carbonyl (C=O) groups is 1. The zero-order valence-corrected chi connectivity index (χ0v) is 15.5. The number of hydrogen-bond donors (Lipinski definition) is 2. The molecule has 3 aliphatic rings. The van der Waals surface area contributed by atoms with Crippen molar-refractivity contribution in [2.24, 2.45) is 17.8 Å². The quantitative estimate of drug-likeness (QED) is 0.802. The molecule has 0 spiro atoms. The fraction of sp³-hybridized carbons (Fsp3) is 0.952. The molecule has 0 aromatic carbocycles. The fourth-order valence-electron chi connectivity index (χ4n) is 5.29. The van der Waals surface area contributed by atoms with Gasteiger partial charge >= 0.3 is 0 Å². The van der Waals surface area contributed by atoms with Gasteiger partial charge in [-0.3, -0.25) is 4.79 Å². The molecule has 3 rings (SSSR count). The maximum absolute atomic E-state index is 12.7. The van der Waals surface area contributed by atoms with Crippen molar-refractivity contribution in [2.45, 2.75) is 95.9 Å². The van der Waals surface area contributed by atoms with Gasteiger partial charge in [-0.25, -0.2) is 0 Å². The zero-order chi connectivity index (χ0) is 16.6. The van der Waals surface area contributed by atoms with Crippen LogP contribution in [0.25, 0.3) is 0 Å². The van der Waals surface area contributed by atoms with Gasteiger partial charge in [0.15, 0.2) is 0 Å². The summed E-state index contributed by atoms with van der Waals surface area (Å²) in [6, 6.07) is 0.379. The van der Waals surface area contributed by atoms with Gasteiger partial charge in [-0.2, -0.15) is 0 Å². The predicted octanol–water partition coefficient (Wildman–Crippen LogP) is 4.41. The van der Waals surface area contributed by atoms with Crippen LogP contribution >= 0.6 is 0 Å². The van der Waals surface area contributed by atoms with E-state index in [1.165, 1.54) is 70.6 Å². The second-order valence-electron chi connectivity index (χ2n) is 8.62. The van der Waals surface area contributed by atoms with Crippen molar-refractivity contribution < 1.29 is 4.79 Å². The summed E-state index contributed by atoms with van der Waals surface area (Å²) in [6.07, 6.45) is 18.8. The maximum Gasteiger partial charge on any atom is 0.223 e. The van der Waals surface area contributed by atoms with Crippen molar-refractivity contribution in [1.82, 2.24) is 10.6 Å². The molecule has 1 aliphatic heterocycles. The van der Waals surface area contributed by atoms with Crippen LogP contribution in [0.4, 0.5) is 0 Å². The third kappa shape index (κ3) is 5.47. The second kappa shape index (κ2) is 9.79. The summed E-state index contributed by atoms with van der Waals surface area (Å²) < 4.78 is 0. The highest BCUT2D eigenvalue weighted by Crippen LogP contribution is 2.37. The average molecular weight is 335 g/mol. The molecule has 1 saturated heterocycles. The predicted molar refractivity (Wildman–Crippen MR) is 99.9 cm³/mol. The molecule has 3 atom stereocenters. The van der Waals surface area contributed by atoms with Gasteiger partial charge in [0.05, 0.1) is 0 Å². The fourth-order valence-corrected chi connectivity index (χ4v) is 5.29. The van der Waals surface area contributed by atoms with E-state index in [2.05, 4.69) is 10.6 Å². The van der Waals surface area contributed by atoms with Crippen LogP contribution in [0, 0.1) is 17.8 Å². The summed E-state index contributed by atoms with van der Waals surface area (Å²) in [5, 5.41) is 6.66. The lowest BCUT2D eigenvalue weighted by Crippen LogP contribution is -2.40. The van der Waals surface area contributed by atoms with E-state index in [9.17, 15) is 4.79 Å². The molecular weight excluding hydrogens is 296 g/mol. The van der Waals surface area contributed by atoms with Gasteiger partial charge in [-0.05, 0) is 44.1 Å². The Balaban J connectivity index is 1.49. The van der Waals surface area contributed by atoms with Gasteiger partial charge in [0.1, 0.15) is 0 Å². The number of rotatable bonds is 3. The Labute approximate surface area is 148 Å². The minimum absolute atomic E-state index is 0.280. The SMILES string of the molecule is O=C(N[C@@H]1CCNC1)C1CCCCC(C2CCCCCCC2)CC1. The van der Waals surface area contributed by atoms with Crippen LogP contribution in [0.5, 0.6) is 0 Å². The lowest BCUT2D eigenvalue weighted by molar-refractivity contribution is -0.126. The van der Waals surface area contributed by atoms with Crippen molar-refractivity contribution in [1.29, 1.82) is 0 Å². The molecule has 0 aromatic heterocycles. The van der Waals surface area contributed by atoms with E-state index in [1.807, 2.05) is 0 Å². The van der Waals surface area contributed by atoms with E-state index >= 15 is 0 Å². The topological polar surface area (TPSA) is 41.1 Å². The molecular formula is C21H38N2O. The van der Waals surface area contributed by atoms with Gasteiger partial charge < -0.3 is 10.6 Å². The van der Waals surface area contributed by atoms with Crippen molar-refractivity contribution in [3.8, 4) is 0 Å². The number of hydrogen-bond acceptors (Lipinski definition) is 2. The molecule has 1 heterocycles. The largest absolute Gasteiger partial charge is 0.352 e. The van der Waals surface area contributed by atoms with Gasteiger partial charge in [0.2, 0.25) is 5.91 Å². The van der Waals surface area contributed by atoms with Crippen LogP contribution in [0.15, 0.2) is 0 Å². The van der Waals surface area contributed by atoms with Crippen molar-refractivity contribution in [3.05, 3.63) is 0 Å². The molecule has 24 heavy (non-hydrogen) atoms. The molecule has 0 radical (unpaired) electrons. The summed E-state index contributed by atoms with van der Waals surface area (Å²) in [7, 11) is 0. The van der Waals surface area contributed by atoms with Crippen LogP contribution in [-0.2, 0) is 4.79 Å². The van der Waals surface area contributed by atoms with Crippen LogP contribution in [0.1, 0.15) is 89.9 Å². The first-order valence-corrected chi connectivity index (χ1v) is 10.8. The average Bonchev–Trinajstić information content (AvgIpc) is 3.01. The highest BCUT2D eigenvalue weighted by atomic mass is 16.1. The van der Waals surface area contributed by atoms with Gasteiger partial charge in [0.25, 0.3) is 0 Å². The van der Waals surface area contributed by atoms with Crippen LogP contribution < -0.4 is 10.6 Å². The van der Waals surface area contributed by atoms with Crippen molar-refractivity contribution in [3.63, 3.8) is 0 Å². The molecule has 3 heteroatoms. The number of amides is 1. The first-order valence-electron chi connectivity index (χ1n) is 10.8. The number of nitrogens with one attached hydrogen (secondary N) is 2. The Bertz CT molecular complexity index is 370. The Morgan fingerprint density at radius 1 is 0.708 bits per heavy atom. The van der Waals surface area contributed by atoms with E-state index in [0.717, 1.165) is 44.2 Å². The van der Waals surface area contributed by atoms with Gasteiger partial charge in [-0.15, -0.1) is 0 Å². The van der Waals surface area contributed by atoms with Crippen molar-refractivity contribution >= 4 is 5.91 Å². The molecule has 2 unspecified atom stereocenters. The molecule has 1 amide bonds. The lowest BCUT2D eigenvalue weighted by Gasteiger charge is -2.32. The van der Waals surface area contributed by atoms with E-state index < -0.39 is 0 Å². The summed E-state index contributed by atoms with van der Waals surface area (Å²) in [5.74, 6) is 2.47. The summed E-state index contributed by atoms with van der Waals surface area (Å²) in [5.41, 5.74) is 0. The normalized spacial score (nSPS) is 33.9. The monoisotopic (exact) mass is 334 g/mol. The van der Waals surface area contributed by atoms with E-state index in [-0.39, 0.29) is 5.92 Å². The zero-order valence-electron chi connectivity index (χ0n) is 15.5. The molecule has 3 fully saturated rings. The molecule has 2 aliphatic carbocycles. The van der Waals surface area contributed by atoms with Gasteiger partial charge in [-0.1, -0.05) is 64.2 Å². The third-order valence-corrected chi connectivity index (χ3v) is 6.86. The molecule has 3 nitrogen and oxygen atoms in total. The third-order valence-electron chi connectivity index (χ3n) is 6.86. The van der Waals surface area contributed by atoms with Gasteiger partial charge in [0, 0.05) is 18.5 Å². The smallest absolute Gasteiger partial charge is 0.223 e. The summed E-state index contributed by atoms with van der Waals surface area (Å²) in [4.78, 5) is 12.7. The number of carbonyl (C=O) groups excluding carboxylic acids is 1. The molecule has 0 bridgehead atoms. The molecule has 2 saturated carbocycles. The Kier molecular flexibility index (Phi) is 7.44.